The van der Waals surface area contributed by atoms with Crippen molar-refractivity contribution in [3.05, 3.63) is 102 Å². The van der Waals surface area contributed by atoms with Gasteiger partial charge in [-0.05, 0) is 53.6 Å². The smallest absolute Gasteiger partial charge is 0.180 e. The van der Waals surface area contributed by atoms with E-state index in [1.165, 1.54) is 16.9 Å². The molecule has 8 nitrogen and oxygen atoms in total. The maximum atomic E-state index is 13.2. The molecule has 31 heavy (non-hydrogen) atoms. The van der Waals surface area contributed by atoms with Gasteiger partial charge in [0.2, 0.25) is 0 Å². The number of halogens is 1. The fraction of sp³-hybridized carbons (Fsp3) is 0.0909. The van der Waals surface area contributed by atoms with Crippen LogP contribution in [0.3, 0.4) is 0 Å². The van der Waals surface area contributed by atoms with Gasteiger partial charge < -0.3 is 0 Å². The molecular weight excluding hydrogens is 395 g/mol. The Balaban J connectivity index is 1.50. The molecule has 0 aliphatic carbocycles. The van der Waals surface area contributed by atoms with Crippen LogP contribution in [0.5, 0.6) is 0 Å². The fourth-order valence-corrected chi connectivity index (χ4v) is 3.18. The molecular formula is C22H17FN8. The normalized spacial score (nSPS) is 11.0. The number of benzene rings is 1. The highest BCUT2D eigenvalue weighted by molar-refractivity contribution is 5.48. The zero-order valence-corrected chi connectivity index (χ0v) is 16.4. The Morgan fingerprint density at radius 3 is 2.42 bits per heavy atom. The van der Waals surface area contributed by atoms with Crippen molar-refractivity contribution in [2.24, 2.45) is 0 Å². The predicted molar refractivity (Wildman–Crippen MR) is 111 cm³/mol. The third-order valence-electron chi connectivity index (χ3n) is 4.66. The minimum Gasteiger partial charge on any atom is -0.265 e. The van der Waals surface area contributed by atoms with Crippen LogP contribution in [0.15, 0.2) is 79.5 Å². The summed E-state index contributed by atoms with van der Waals surface area (Å²) in [6.45, 7) is 0.496. The predicted octanol–water partition coefficient (Wildman–Crippen LogP) is 3.09. The number of aromatic nitrogens is 8. The van der Waals surface area contributed by atoms with Gasteiger partial charge in [-0.1, -0.05) is 6.07 Å². The van der Waals surface area contributed by atoms with Gasteiger partial charge in [-0.3, -0.25) is 9.97 Å². The molecule has 1 aromatic carbocycles. The lowest BCUT2D eigenvalue weighted by Crippen LogP contribution is -2.05. The molecule has 0 unspecified atom stereocenters. The monoisotopic (exact) mass is 412 g/mol. The molecule has 0 fully saturated rings. The van der Waals surface area contributed by atoms with E-state index in [-0.39, 0.29) is 5.82 Å². The van der Waals surface area contributed by atoms with E-state index in [0.717, 1.165) is 11.1 Å². The molecule has 0 saturated carbocycles. The maximum absolute atomic E-state index is 13.2. The van der Waals surface area contributed by atoms with E-state index in [1.807, 2.05) is 24.3 Å². The Labute approximate surface area is 177 Å². The summed E-state index contributed by atoms with van der Waals surface area (Å²) < 4.78 is 15.0. The Morgan fingerprint density at radius 1 is 0.806 bits per heavy atom. The molecule has 4 heterocycles. The van der Waals surface area contributed by atoms with Crippen LogP contribution in [0.25, 0.3) is 17.2 Å². The molecule has 5 aromatic rings. The summed E-state index contributed by atoms with van der Waals surface area (Å²) in [6.07, 6.45) is 9.22. The molecule has 5 rings (SSSR count). The highest BCUT2D eigenvalue weighted by Gasteiger charge is 2.17. The number of nitrogens with zero attached hydrogens (tertiary/aromatic N) is 8. The van der Waals surface area contributed by atoms with Crippen molar-refractivity contribution in [3.8, 4) is 17.2 Å². The highest BCUT2D eigenvalue weighted by Crippen LogP contribution is 2.18. The van der Waals surface area contributed by atoms with E-state index >= 15 is 0 Å². The molecule has 0 bridgehead atoms. The molecule has 0 radical (unpaired) electrons. The van der Waals surface area contributed by atoms with Gasteiger partial charge in [0.05, 0.1) is 18.4 Å². The molecule has 0 atom stereocenters. The van der Waals surface area contributed by atoms with Crippen LogP contribution < -0.4 is 0 Å². The second-order valence-electron chi connectivity index (χ2n) is 6.90. The van der Waals surface area contributed by atoms with Crippen LogP contribution in [0.4, 0.5) is 4.39 Å². The van der Waals surface area contributed by atoms with Crippen molar-refractivity contribution in [2.45, 2.75) is 13.0 Å². The van der Waals surface area contributed by atoms with E-state index in [0.29, 0.717) is 36.0 Å². The Bertz CT molecular complexity index is 1280. The van der Waals surface area contributed by atoms with Crippen LogP contribution in [0.1, 0.15) is 17.0 Å². The average molecular weight is 412 g/mol. The van der Waals surface area contributed by atoms with Gasteiger partial charge in [0.1, 0.15) is 5.82 Å². The first kappa shape index (κ1) is 18.7. The van der Waals surface area contributed by atoms with Gasteiger partial charge in [-0.2, -0.15) is 15.0 Å². The summed E-state index contributed by atoms with van der Waals surface area (Å²) in [4.78, 5) is 14.4. The van der Waals surface area contributed by atoms with Gasteiger partial charge in [0.15, 0.2) is 17.3 Å². The van der Waals surface area contributed by atoms with Crippen LogP contribution in [0, 0.1) is 5.82 Å². The number of hydrogen-bond donors (Lipinski definition) is 0. The van der Waals surface area contributed by atoms with Crippen LogP contribution >= 0.6 is 0 Å². The maximum Gasteiger partial charge on any atom is 0.180 e. The quantitative estimate of drug-likeness (QED) is 0.426. The molecule has 152 valence electrons. The van der Waals surface area contributed by atoms with Crippen LogP contribution in [-0.2, 0) is 13.0 Å². The lowest BCUT2D eigenvalue weighted by atomic mass is 10.2. The molecule has 0 N–H and O–H groups in total. The Morgan fingerprint density at radius 2 is 1.65 bits per heavy atom. The van der Waals surface area contributed by atoms with E-state index in [9.17, 15) is 4.39 Å². The third-order valence-corrected chi connectivity index (χ3v) is 4.66. The van der Waals surface area contributed by atoms with E-state index in [4.69, 9.17) is 10.1 Å². The number of pyridine rings is 2. The van der Waals surface area contributed by atoms with Gasteiger partial charge in [-0.25, -0.2) is 14.1 Å². The van der Waals surface area contributed by atoms with E-state index in [1.54, 1.807) is 47.8 Å². The van der Waals surface area contributed by atoms with Crippen molar-refractivity contribution in [3.63, 3.8) is 0 Å². The molecule has 0 saturated heterocycles. The van der Waals surface area contributed by atoms with Crippen LogP contribution in [0.2, 0.25) is 0 Å². The molecule has 0 amide bonds. The molecule has 4 aromatic heterocycles. The second-order valence-corrected chi connectivity index (χ2v) is 6.90. The lowest BCUT2D eigenvalue weighted by Gasteiger charge is -2.03. The molecule has 0 aliphatic rings. The summed E-state index contributed by atoms with van der Waals surface area (Å²) in [5.41, 5.74) is 3.29. The summed E-state index contributed by atoms with van der Waals surface area (Å²) in [5, 5.41) is 13.6. The zero-order valence-electron chi connectivity index (χ0n) is 16.4. The fourth-order valence-electron chi connectivity index (χ4n) is 3.18. The second kappa shape index (κ2) is 8.23. The standard InChI is InChI=1S/C22H17FN8/c23-18-3-5-19(6-4-18)31-26-14-20(28-31)22-27-21(12-16-7-10-24-11-8-16)29-30(22)15-17-2-1-9-25-13-17/h1-11,13-14H,12,15H2. The lowest BCUT2D eigenvalue weighted by molar-refractivity contribution is 0.626. The topological polar surface area (TPSA) is 87.2 Å². The SMILES string of the molecule is Fc1ccc(-n2ncc(-c3nc(Cc4ccncc4)nn3Cc3cccnc3)n2)cc1. The number of hydrogen-bond acceptors (Lipinski definition) is 6. The van der Waals surface area contributed by atoms with Crippen molar-refractivity contribution >= 4 is 0 Å². The average Bonchev–Trinajstić information content (AvgIpc) is 3.43. The van der Waals surface area contributed by atoms with Crippen molar-refractivity contribution in [1.82, 2.24) is 39.7 Å². The minimum absolute atomic E-state index is 0.312. The first-order valence-corrected chi connectivity index (χ1v) is 9.65. The zero-order chi connectivity index (χ0) is 21.0. The van der Waals surface area contributed by atoms with Gasteiger partial charge in [0.25, 0.3) is 0 Å². The van der Waals surface area contributed by atoms with Crippen molar-refractivity contribution in [2.75, 3.05) is 0 Å². The van der Waals surface area contributed by atoms with E-state index < -0.39 is 0 Å². The summed E-state index contributed by atoms with van der Waals surface area (Å²) in [7, 11) is 0. The third kappa shape index (κ3) is 4.20. The van der Waals surface area contributed by atoms with Crippen LogP contribution in [-0.4, -0.2) is 39.7 Å². The van der Waals surface area contributed by atoms with Crippen molar-refractivity contribution in [1.29, 1.82) is 0 Å². The largest absolute Gasteiger partial charge is 0.265 e. The summed E-state index contributed by atoms with van der Waals surface area (Å²) in [6, 6.07) is 13.7. The van der Waals surface area contributed by atoms with Gasteiger partial charge >= 0.3 is 0 Å². The Hall–Kier alpha value is -4.27. The van der Waals surface area contributed by atoms with Crippen molar-refractivity contribution < 1.29 is 4.39 Å². The molecule has 0 spiro atoms. The first-order valence-electron chi connectivity index (χ1n) is 9.65. The van der Waals surface area contributed by atoms with Gasteiger partial charge in [-0.15, -0.1) is 5.10 Å². The van der Waals surface area contributed by atoms with E-state index in [2.05, 4.69) is 20.2 Å². The first-order chi connectivity index (χ1) is 15.2. The molecule has 9 heteroatoms. The number of rotatable bonds is 6. The molecule has 0 aliphatic heterocycles. The highest BCUT2D eigenvalue weighted by atomic mass is 19.1. The summed E-state index contributed by atoms with van der Waals surface area (Å²) >= 11 is 0. The minimum atomic E-state index is -0.312. The Kier molecular flexibility index (Phi) is 4.97. The summed E-state index contributed by atoms with van der Waals surface area (Å²) in [5.74, 6) is 0.954. The van der Waals surface area contributed by atoms with Gasteiger partial charge in [0, 0.05) is 31.2 Å².